The van der Waals surface area contributed by atoms with E-state index in [9.17, 15) is 9.59 Å². The van der Waals surface area contributed by atoms with Crippen LogP contribution in [0.1, 0.15) is 37.9 Å². The van der Waals surface area contributed by atoms with Crippen molar-refractivity contribution in [3.05, 3.63) is 53.4 Å². The molecule has 39 heavy (non-hydrogen) atoms. The molecular formula is C29H42N6O3S+2. The van der Waals surface area contributed by atoms with Crippen LogP contribution in [0.5, 0.6) is 0 Å². The number of nitrogens with one attached hydrogen (secondary N) is 1. The number of carbonyl (C=O) groups excluding carboxylic acids is 2. The summed E-state index contributed by atoms with van der Waals surface area (Å²) in [5, 5.41) is 12.6. The molecule has 210 valence electrons. The van der Waals surface area contributed by atoms with Crippen LogP contribution in [0.15, 0.2) is 58.8 Å². The Kier molecular flexibility index (Phi) is 11.3. The normalized spacial score (nSPS) is 11.3. The number of carbonyl (C=O) groups is 2. The van der Waals surface area contributed by atoms with E-state index >= 15 is 0 Å². The highest BCUT2D eigenvalue weighted by molar-refractivity contribution is 7.17. The van der Waals surface area contributed by atoms with Crippen molar-refractivity contribution in [1.82, 2.24) is 0 Å². The van der Waals surface area contributed by atoms with Gasteiger partial charge in [-0.05, 0) is 55.4 Å². The molecule has 9 nitrogen and oxygen atoms in total. The molecule has 3 aromatic rings. The van der Waals surface area contributed by atoms with E-state index in [0.717, 1.165) is 30.0 Å². The number of amides is 1. The van der Waals surface area contributed by atoms with E-state index in [1.54, 1.807) is 6.92 Å². The van der Waals surface area contributed by atoms with Crippen LogP contribution in [-0.2, 0) is 16.6 Å². The van der Waals surface area contributed by atoms with Gasteiger partial charge < -0.3 is 19.4 Å². The summed E-state index contributed by atoms with van der Waals surface area (Å²) in [6.45, 7) is 8.24. The van der Waals surface area contributed by atoms with Gasteiger partial charge in [-0.25, -0.2) is 9.36 Å². The molecule has 0 spiro atoms. The highest BCUT2D eigenvalue weighted by Crippen LogP contribution is 2.35. The monoisotopic (exact) mass is 554 g/mol. The second kappa shape index (κ2) is 14.0. The first-order chi connectivity index (χ1) is 18.1. The van der Waals surface area contributed by atoms with Crippen molar-refractivity contribution >= 4 is 45.4 Å². The van der Waals surface area contributed by atoms with Crippen molar-refractivity contribution in [2.45, 2.75) is 28.2 Å². The summed E-state index contributed by atoms with van der Waals surface area (Å²) in [6, 6.07) is 15.4. The molecule has 0 saturated carbocycles. The molecule has 0 bridgehead atoms. The number of esters is 1. The summed E-state index contributed by atoms with van der Waals surface area (Å²) in [4.78, 5) is 28.2. The largest absolute Gasteiger partial charge is 0.462 e. The molecule has 1 N–H and O–H groups in total. The molecule has 10 heteroatoms. The minimum atomic E-state index is -0.398. The number of azo groups is 1. The predicted molar refractivity (Wildman–Crippen MR) is 159 cm³/mol. The van der Waals surface area contributed by atoms with Crippen LogP contribution in [-0.4, -0.2) is 63.7 Å². The average molecular weight is 555 g/mol. The van der Waals surface area contributed by atoms with E-state index in [2.05, 4.69) is 34.3 Å². The van der Waals surface area contributed by atoms with Crippen LogP contribution >= 0.6 is 11.3 Å². The molecular weight excluding hydrogens is 512 g/mol. The van der Waals surface area contributed by atoms with Crippen LogP contribution in [0.25, 0.3) is 11.3 Å². The van der Waals surface area contributed by atoms with Crippen molar-refractivity contribution in [2.24, 2.45) is 17.3 Å². The molecule has 0 aliphatic carbocycles. The van der Waals surface area contributed by atoms with E-state index < -0.39 is 5.97 Å². The zero-order chi connectivity index (χ0) is 27.9. The van der Waals surface area contributed by atoms with Gasteiger partial charge in [0.15, 0.2) is 17.1 Å². The quantitative estimate of drug-likeness (QED) is 0.137. The maximum atomic E-state index is 12.8. The lowest BCUT2D eigenvalue weighted by atomic mass is 10.1. The molecule has 0 fully saturated rings. The van der Waals surface area contributed by atoms with Gasteiger partial charge in [0.1, 0.15) is 5.69 Å². The highest BCUT2D eigenvalue weighted by Gasteiger charge is 2.29. The van der Waals surface area contributed by atoms with Crippen LogP contribution in [0.2, 0.25) is 0 Å². The molecule has 3 rings (SSSR count). The van der Waals surface area contributed by atoms with Crippen LogP contribution in [0.3, 0.4) is 0 Å². The van der Waals surface area contributed by atoms with Crippen LogP contribution in [0, 0.1) is 0 Å². The maximum Gasteiger partial charge on any atom is 0.409 e. The third-order valence-corrected chi connectivity index (χ3v) is 6.89. The van der Waals surface area contributed by atoms with Crippen molar-refractivity contribution in [3.8, 4) is 11.3 Å². The second-order valence-corrected chi connectivity index (χ2v) is 10.8. The fourth-order valence-corrected chi connectivity index (χ4v) is 5.00. The van der Waals surface area contributed by atoms with Gasteiger partial charge in [-0.2, -0.15) is 0 Å². The number of aromatic nitrogens is 1. The number of hydrogen-bond donors (Lipinski definition) is 1. The van der Waals surface area contributed by atoms with Gasteiger partial charge in [0.05, 0.1) is 45.6 Å². The number of nitrogens with zero attached hydrogens (tertiary/aromatic N) is 5. The number of likely N-dealkylation sites (N-methyl/N-ethyl adjacent to an activating group) is 1. The zero-order valence-electron chi connectivity index (χ0n) is 23.3. The van der Waals surface area contributed by atoms with E-state index in [4.69, 9.17) is 4.74 Å². The summed E-state index contributed by atoms with van der Waals surface area (Å²) in [5.74, 6) is -0.506. The number of quaternary nitrogens is 1. The topological polar surface area (TPSA) is 87.2 Å². The Balaban J connectivity index is 0.00000533. The number of hydrogen-bond acceptors (Lipinski definition) is 7. The van der Waals surface area contributed by atoms with Gasteiger partial charge in [-0.1, -0.05) is 37.8 Å². The van der Waals surface area contributed by atoms with Gasteiger partial charge in [-0.3, -0.25) is 4.79 Å². The van der Waals surface area contributed by atoms with Gasteiger partial charge in [0.25, 0.3) is 5.91 Å². The van der Waals surface area contributed by atoms with E-state index in [0.29, 0.717) is 32.4 Å². The Morgan fingerprint density at radius 2 is 1.69 bits per heavy atom. The SMILES string of the molecule is C.CCOC(=O)c1sc(N=Nc2ccc(N(CC)CC)cc2NC(=O)C[N+](C)(C)C)[n+](C)c1-c1ccccc1. The summed E-state index contributed by atoms with van der Waals surface area (Å²) in [5.41, 5.74) is 3.71. The highest BCUT2D eigenvalue weighted by atomic mass is 32.1. The van der Waals surface area contributed by atoms with Crippen molar-refractivity contribution < 1.29 is 23.4 Å². The van der Waals surface area contributed by atoms with Crippen LogP contribution in [0.4, 0.5) is 22.2 Å². The second-order valence-electron chi connectivity index (χ2n) is 9.78. The van der Waals surface area contributed by atoms with E-state index in [1.807, 2.05) is 81.3 Å². The van der Waals surface area contributed by atoms with Crippen LogP contribution < -0.4 is 14.8 Å². The van der Waals surface area contributed by atoms with E-state index in [1.165, 1.54) is 11.3 Å². The lowest BCUT2D eigenvalue weighted by molar-refractivity contribution is -0.861. The minimum Gasteiger partial charge on any atom is -0.462 e. The summed E-state index contributed by atoms with van der Waals surface area (Å²) in [6.07, 6.45) is 0. The van der Waals surface area contributed by atoms with Gasteiger partial charge >= 0.3 is 11.1 Å². The molecule has 0 radical (unpaired) electrons. The van der Waals surface area contributed by atoms with Crippen molar-refractivity contribution in [1.29, 1.82) is 0 Å². The van der Waals surface area contributed by atoms with Gasteiger partial charge in [0, 0.05) is 24.3 Å². The lowest BCUT2D eigenvalue weighted by Crippen LogP contribution is -2.41. The molecule has 1 aromatic heterocycles. The number of rotatable bonds is 11. The minimum absolute atomic E-state index is 0. The molecule has 0 atom stereocenters. The van der Waals surface area contributed by atoms with Gasteiger partial charge in [-0.15, -0.1) is 0 Å². The molecule has 0 aliphatic heterocycles. The fraction of sp³-hybridized carbons (Fsp3) is 0.414. The van der Waals surface area contributed by atoms with Crippen molar-refractivity contribution in [2.75, 3.05) is 57.6 Å². The smallest absolute Gasteiger partial charge is 0.409 e. The molecule has 0 unspecified atom stereocenters. The third-order valence-electron chi connectivity index (χ3n) is 5.78. The summed E-state index contributed by atoms with van der Waals surface area (Å²) < 4.78 is 7.66. The van der Waals surface area contributed by atoms with Crippen molar-refractivity contribution in [3.63, 3.8) is 0 Å². The first kappa shape index (κ1) is 31.6. The zero-order valence-corrected chi connectivity index (χ0v) is 24.1. The number of benzene rings is 2. The lowest BCUT2D eigenvalue weighted by Gasteiger charge is -2.24. The average Bonchev–Trinajstić information content (AvgIpc) is 3.20. The Bertz CT molecular complexity index is 1290. The number of ether oxygens (including phenoxy) is 1. The molecule has 2 aromatic carbocycles. The maximum absolute atomic E-state index is 12.8. The predicted octanol–water partition coefficient (Wildman–Crippen LogP) is 5.96. The summed E-state index contributed by atoms with van der Waals surface area (Å²) >= 11 is 1.22. The molecule has 0 saturated heterocycles. The Morgan fingerprint density at radius 1 is 1.03 bits per heavy atom. The first-order valence-electron chi connectivity index (χ1n) is 12.7. The number of thiazole rings is 1. The Morgan fingerprint density at radius 3 is 2.28 bits per heavy atom. The standard InChI is InChI=1S/C28H37N6O3S.CH4/c1-8-33(9-2)21-16-17-22(23(18-21)29-24(35)19-34(5,6)7)30-31-28-32(4)25(20-14-12-11-13-15-20)26(38-28)27(36)37-10-3;/h11-18H,8-10,19H2,1-7H3;1H4/q+1;/p+1. The molecule has 1 amide bonds. The molecule has 0 aliphatic rings. The fourth-order valence-electron chi connectivity index (χ4n) is 4.01. The first-order valence-corrected chi connectivity index (χ1v) is 13.6. The number of anilines is 2. The Labute approximate surface area is 236 Å². The molecule has 1 heterocycles. The Hall–Kier alpha value is -3.63. The third kappa shape index (κ3) is 8.18. The van der Waals surface area contributed by atoms with Gasteiger partial charge in [0.2, 0.25) is 0 Å². The summed E-state index contributed by atoms with van der Waals surface area (Å²) in [7, 11) is 7.75. The van der Waals surface area contributed by atoms with E-state index in [-0.39, 0.29) is 19.9 Å².